The van der Waals surface area contributed by atoms with Gasteiger partial charge in [-0.1, -0.05) is 0 Å². The second-order valence-corrected chi connectivity index (χ2v) is 5.49. The van der Waals surface area contributed by atoms with Crippen molar-refractivity contribution in [2.75, 3.05) is 7.05 Å². The molecular formula is C14H17ClFN3O. The Morgan fingerprint density at radius 2 is 2.10 bits per heavy atom. The fourth-order valence-corrected chi connectivity index (χ4v) is 2.41. The molecule has 0 fully saturated rings. The Labute approximate surface area is 121 Å². The average Bonchev–Trinajstić information content (AvgIpc) is 2.76. The van der Waals surface area contributed by atoms with Crippen LogP contribution in [0.3, 0.4) is 0 Å². The van der Waals surface area contributed by atoms with Crippen molar-refractivity contribution in [3.63, 3.8) is 0 Å². The largest absolute Gasteiger partial charge is 0.357 e. The number of alkyl halides is 1. The van der Waals surface area contributed by atoms with Crippen LogP contribution in [0.2, 0.25) is 0 Å². The summed E-state index contributed by atoms with van der Waals surface area (Å²) in [5, 5.41) is 2.23. The summed E-state index contributed by atoms with van der Waals surface area (Å²) in [6, 6.07) is 2.60. The molecule has 0 aliphatic heterocycles. The molecule has 20 heavy (non-hydrogen) atoms. The van der Waals surface area contributed by atoms with E-state index in [2.05, 4.69) is 10.3 Å². The number of likely N-dealkylation sites (N-methyl/N-ethyl adjacent to an activating group) is 1. The highest BCUT2D eigenvalue weighted by Crippen LogP contribution is 2.29. The highest BCUT2D eigenvalue weighted by molar-refractivity contribution is 6.20. The molecule has 4 nitrogen and oxygen atoms in total. The van der Waals surface area contributed by atoms with E-state index in [0.29, 0.717) is 22.4 Å². The molecule has 108 valence electrons. The Kier molecular flexibility index (Phi) is 3.99. The first-order valence-corrected chi connectivity index (χ1v) is 6.84. The third-order valence-electron chi connectivity index (χ3n) is 3.37. The number of amides is 1. The van der Waals surface area contributed by atoms with Crippen LogP contribution in [-0.4, -0.2) is 22.5 Å². The third kappa shape index (κ3) is 2.38. The number of halogens is 2. The number of rotatable bonds is 3. The number of hydrogen-bond donors (Lipinski definition) is 1. The van der Waals surface area contributed by atoms with Crippen LogP contribution in [0.4, 0.5) is 4.39 Å². The zero-order valence-electron chi connectivity index (χ0n) is 11.9. The predicted octanol–water partition coefficient (Wildman–Crippen LogP) is 3.09. The Hall–Kier alpha value is -1.62. The van der Waals surface area contributed by atoms with Gasteiger partial charge < -0.3 is 9.88 Å². The molecule has 1 aromatic carbocycles. The van der Waals surface area contributed by atoms with Crippen LogP contribution in [0, 0.1) is 12.7 Å². The zero-order chi connectivity index (χ0) is 15.0. The van der Waals surface area contributed by atoms with Crippen LogP contribution in [0.1, 0.15) is 36.7 Å². The van der Waals surface area contributed by atoms with E-state index in [-0.39, 0.29) is 17.1 Å². The van der Waals surface area contributed by atoms with Gasteiger partial charge in [0.05, 0.1) is 16.4 Å². The van der Waals surface area contributed by atoms with Gasteiger partial charge in [0.1, 0.15) is 17.7 Å². The van der Waals surface area contributed by atoms with Crippen LogP contribution in [0.5, 0.6) is 0 Å². The van der Waals surface area contributed by atoms with Gasteiger partial charge in [0.25, 0.3) is 0 Å². The van der Waals surface area contributed by atoms with E-state index in [1.807, 2.05) is 0 Å². The third-order valence-corrected chi connectivity index (χ3v) is 3.56. The normalized spacial score (nSPS) is 14.3. The topological polar surface area (TPSA) is 46.9 Å². The maximum absolute atomic E-state index is 13.7. The Morgan fingerprint density at radius 3 is 2.65 bits per heavy atom. The van der Waals surface area contributed by atoms with E-state index >= 15 is 0 Å². The van der Waals surface area contributed by atoms with Gasteiger partial charge in [0.2, 0.25) is 5.91 Å². The minimum atomic E-state index is -0.467. The molecule has 2 rings (SSSR count). The van der Waals surface area contributed by atoms with Crippen LogP contribution in [-0.2, 0) is 4.79 Å². The lowest BCUT2D eigenvalue weighted by atomic mass is 10.2. The van der Waals surface area contributed by atoms with Gasteiger partial charge in [-0.25, -0.2) is 9.37 Å². The van der Waals surface area contributed by atoms with E-state index in [1.165, 1.54) is 6.07 Å². The predicted molar refractivity (Wildman–Crippen MR) is 77.5 cm³/mol. The molecule has 0 saturated heterocycles. The minimum Gasteiger partial charge on any atom is -0.357 e. The second kappa shape index (κ2) is 5.40. The maximum atomic E-state index is 13.7. The molecule has 2 atom stereocenters. The fraction of sp³-hybridized carbons (Fsp3) is 0.429. The number of aromatic nitrogens is 2. The van der Waals surface area contributed by atoms with Gasteiger partial charge in [-0.3, -0.25) is 4.79 Å². The molecule has 0 bridgehead atoms. The number of fused-ring (bicyclic) bond motifs is 1. The summed E-state index contributed by atoms with van der Waals surface area (Å²) in [6.45, 7) is 5.22. The standard InChI is InChI=1S/C14H17ClFN3O/c1-7-5-12-11(6-10(7)16)18-13(8(2)15)19(12)9(3)14(20)17-4/h5-6,8-9H,1-4H3,(H,17,20). The van der Waals surface area contributed by atoms with Crippen molar-refractivity contribution >= 4 is 28.5 Å². The van der Waals surface area contributed by atoms with Crippen molar-refractivity contribution in [1.82, 2.24) is 14.9 Å². The summed E-state index contributed by atoms with van der Waals surface area (Å²) in [6.07, 6.45) is 0. The highest BCUT2D eigenvalue weighted by Gasteiger charge is 2.23. The van der Waals surface area contributed by atoms with Crippen LogP contribution in [0.15, 0.2) is 12.1 Å². The van der Waals surface area contributed by atoms with Gasteiger partial charge in [0, 0.05) is 13.1 Å². The van der Waals surface area contributed by atoms with E-state index in [4.69, 9.17) is 11.6 Å². The summed E-state index contributed by atoms with van der Waals surface area (Å²) in [5.41, 5.74) is 1.73. The van der Waals surface area contributed by atoms with Crippen molar-refractivity contribution in [2.45, 2.75) is 32.2 Å². The van der Waals surface area contributed by atoms with E-state index in [0.717, 1.165) is 0 Å². The summed E-state index contributed by atoms with van der Waals surface area (Å²) < 4.78 is 15.4. The van der Waals surface area contributed by atoms with Gasteiger partial charge in [-0.2, -0.15) is 0 Å². The molecule has 0 spiro atoms. The number of aryl methyl sites for hydroxylation is 1. The SMILES string of the molecule is CNC(=O)C(C)n1c(C(C)Cl)nc2cc(F)c(C)cc21. The van der Waals surface area contributed by atoms with Gasteiger partial charge >= 0.3 is 0 Å². The lowest BCUT2D eigenvalue weighted by molar-refractivity contribution is -0.123. The summed E-state index contributed by atoms with van der Waals surface area (Å²) in [5.74, 6) is 0.0936. The first-order valence-electron chi connectivity index (χ1n) is 6.40. The summed E-state index contributed by atoms with van der Waals surface area (Å²) >= 11 is 6.14. The molecule has 0 aliphatic carbocycles. The smallest absolute Gasteiger partial charge is 0.242 e. The minimum absolute atomic E-state index is 0.148. The Morgan fingerprint density at radius 1 is 1.45 bits per heavy atom. The van der Waals surface area contributed by atoms with Gasteiger partial charge in [-0.05, 0) is 32.4 Å². The molecule has 6 heteroatoms. The van der Waals surface area contributed by atoms with Crippen molar-refractivity contribution in [3.8, 4) is 0 Å². The van der Waals surface area contributed by atoms with Gasteiger partial charge in [0.15, 0.2) is 0 Å². The average molecular weight is 298 g/mol. The summed E-state index contributed by atoms with van der Waals surface area (Å²) in [4.78, 5) is 16.3. The summed E-state index contributed by atoms with van der Waals surface area (Å²) in [7, 11) is 1.58. The van der Waals surface area contributed by atoms with Crippen LogP contribution in [0.25, 0.3) is 11.0 Å². The molecule has 2 unspecified atom stereocenters. The Bertz CT molecular complexity index is 666. The first-order chi connectivity index (χ1) is 9.36. The van der Waals surface area contributed by atoms with E-state index in [1.54, 1.807) is 38.5 Å². The number of benzene rings is 1. The number of carbonyl (C=O) groups is 1. The number of nitrogens with zero attached hydrogens (tertiary/aromatic N) is 2. The molecule has 1 amide bonds. The number of carbonyl (C=O) groups excluding carboxylic acids is 1. The molecule has 0 saturated carbocycles. The van der Waals surface area contributed by atoms with Gasteiger partial charge in [-0.15, -0.1) is 11.6 Å². The lowest BCUT2D eigenvalue weighted by Gasteiger charge is -2.17. The first kappa shape index (κ1) is 14.8. The quantitative estimate of drug-likeness (QED) is 0.885. The molecule has 1 aromatic heterocycles. The van der Waals surface area contributed by atoms with E-state index in [9.17, 15) is 9.18 Å². The van der Waals surface area contributed by atoms with Crippen LogP contribution >= 0.6 is 11.6 Å². The number of hydrogen-bond acceptors (Lipinski definition) is 2. The molecule has 1 heterocycles. The van der Waals surface area contributed by atoms with Crippen LogP contribution < -0.4 is 5.32 Å². The lowest BCUT2D eigenvalue weighted by Crippen LogP contribution is -2.28. The van der Waals surface area contributed by atoms with E-state index < -0.39 is 6.04 Å². The fourth-order valence-electron chi connectivity index (χ4n) is 2.25. The highest BCUT2D eigenvalue weighted by atomic mass is 35.5. The number of nitrogens with one attached hydrogen (secondary N) is 1. The monoisotopic (exact) mass is 297 g/mol. The maximum Gasteiger partial charge on any atom is 0.242 e. The number of imidazole rings is 1. The Balaban J connectivity index is 2.74. The molecule has 2 aromatic rings. The molecule has 0 aliphatic rings. The molecular weight excluding hydrogens is 281 g/mol. The molecule has 0 radical (unpaired) electrons. The van der Waals surface area contributed by atoms with Crippen molar-refractivity contribution in [3.05, 3.63) is 29.3 Å². The second-order valence-electron chi connectivity index (χ2n) is 4.84. The van der Waals surface area contributed by atoms with Crippen molar-refractivity contribution in [1.29, 1.82) is 0 Å². The van der Waals surface area contributed by atoms with Crippen molar-refractivity contribution < 1.29 is 9.18 Å². The zero-order valence-corrected chi connectivity index (χ0v) is 12.6. The van der Waals surface area contributed by atoms with Crippen molar-refractivity contribution in [2.24, 2.45) is 0 Å². The molecule has 1 N–H and O–H groups in total.